The number of carbonyl (C=O) groups is 2. The van der Waals surface area contributed by atoms with Crippen molar-refractivity contribution in [3.05, 3.63) is 0 Å². The Morgan fingerprint density at radius 3 is 1.22 bits per heavy atom. The second-order valence-electron chi connectivity index (χ2n) is 13.6. The third-order valence-electron chi connectivity index (χ3n) is 9.34. The summed E-state index contributed by atoms with van der Waals surface area (Å²) in [6.45, 7) is 2.89. The number of unbranched alkanes of at least 4 members (excludes halogenated alkanes) is 23. The van der Waals surface area contributed by atoms with Gasteiger partial charge >= 0.3 is 5.97 Å². The second kappa shape index (κ2) is 32.5. The Hall–Kier alpha value is -1.06. The van der Waals surface area contributed by atoms with E-state index < -0.39 is 55.3 Å². The van der Waals surface area contributed by atoms with E-state index >= 15 is 0 Å². The Balaban J connectivity index is 4.50. The summed E-state index contributed by atoms with van der Waals surface area (Å²) in [4.78, 5) is 24.4. The van der Waals surface area contributed by atoms with Crippen LogP contribution >= 0.6 is 0 Å². The number of ketones is 1. The van der Waals surface area contributed by atoms with Crippen molar-refractivity contribution in [3.63, 3.8) is 0 Å². The summed E-state index contributed by atoms with van der Waals surface area (Å²) in [6.07, 6.45) is 25.1. The van der Waals surface area contributed by atoms with Crippen LogP contribution in [-0.4, -0.2) is 74.9 Å². The highest BCUT2D eigenvalue weighted by Gasteiger charge is 2.32. The Labute approximate surface area is 282 Å². The third-order valence-corrected chi connectivity index (χ3v) is 9.34. The number of Topliss-reactive ketones (excluding diaryl/α,β-unsaturated/α-hetero) is 1. The topological polar surface area (TPSA) is 145 Å². The summed E-state index contributed by atoms with van der Waals surface area (Å²) in [7, 11) is 0. The minimum Gasteiger partial charge on any atom is -0.463 e. The second-order valence-corrected chi connectivity index (χ2v) is 13.6. The summed E-state index contributed by atoms with van der Waals surface area (Å²) in [5, 5.41) is 49.7. The quantitative estimate of drug-likeness (QED) is 0.0344. The first-order valence-corrected chi connectivity index (χ1v) is 19.3. The van der Waals surface area contributed by atoms with Crippen molar-refractivity contribution >= 4 is 11.8 Å². The number of hydrogen-bond donors (Lipinski definition) is 5. The molecule has 0 fully saturated rings. The molecule has 0 aliphatic heterocycles. The molecule has 0 saturated carbocycles. The molecule has 0 radical (unpaired) electrons. The van der Waals surface area contributed by atoms with Crippen LogP contribution in [0.15, 0.2) is 0 Å². The van der Waals surface area contributed by atoms with Gasteiger partial charge in [0.25, 0.3) is 0 Å². The van der Waals surface area contributed by atoms with Crippen LogP contribution < -0.4 is 0 Å². The van der Waals surface area contributed by atoms with E-state index in [9.17, 15) is 30.0 Å². The van der Waals surface area contributed by atoms with E-state index in [1.54, 1.807) is 0 Å². The van der Waals surface area contributed by atoms with Crippen molar-refractivity contribution in [2.45, 2.75) is 212 Å². The maximum absolute atomic E-state index is 13.0. The van der Waals surface area contributed by atoms with Gasteiger partial charge in [0, 0.05) is 0 Å². The average Bonchev–Trinajstić information content (AvgIpc) is 3.06. The molecule has 0 spiro atoms. The lowest BCUT2D eigenvalue weighted by molar-refractivity contribution is -0.162. The maximum atomic E-state index is 13.0. The lowest BCUT2D eigenvalue weighted by Crippen LogP contribution is -2.45. The normalized spacial score (nSPS) is 14.9. The molecule has 274 valence electrons. The smallest absolute Gasteiger partial charge is 0.311 e. The van der Waals surface area contributed by atoms with Crippen molar-refractivity contribution in [3.8, 4) is 0 Å². The van der Waals surface area contributed by atoms with Crippen molar-refractivity contribution in [2.24, 2.45) is 5.92 Å². The fourth-order valence-corrected chi connectivity index (χ4v) is 6.11. The molecule has 0 aromatic heterocycles. The third kappa shape index (κ3) is 25.0. The number of hydrogen-bond acceptors (Lipinski definition) is 8. The zero-order valence-electron chi connectivity index (χ0n) is 29.9. The van der Waals surface area contributed by atoms with Gasteiger partial charge < -0.3 is 30.3 Å². The molecule has 0 aliphatic rings. The van der Waals surface area contributed by atoms with Crippen molar-refractivity contribution in [1.29, 1.82) is 0 Å². The Morgan fingerprint density at radius 2 is 0.848 bits per heavy atom. The Kier molecular flexibility index (Phi) is 31.7. The number of ether oxygens (including phenoxy) is 1. The van der Waals surface area contributed by atoms with Gasteiger partial charge in [-0.1, -0.05) is 174 Å². The lowest BCUT2D eigenvalue weighted by Gasteiger charge is -2.24. The maximum Gasteiger partial charge on any atom is 0.311 e. The molecule has 0 aliphatic carbocycles. The molecular formula is C38H74O8. The summed E-state index contributed by atoms with van der Waals surface area (Å²) >= 11 is 0. The average molecular weight is 659 g/mol. The molecule has 0 amide bonds. The first-order valence-electron chi connectivity index (χ1n) is 19.3. The molecule has 0 heterocycles. The van der Waals surface area contributed by atoms with Gasteiger partial charge in [-0.05, 0) is 12.8 Å². The van der Waals surface area contributed by atoms with Crippen LogP contribution in [0.1, 0.15) is 187 Å². The molecule has 5 atom stereocenters. The standard InChI is InChI=1S/C38H74O8/c1-3-5-7-9-11-13-15-17-19-21-23-25-27-29-33(40)32(28-26-24-22-20-18-16-14-12-10-8-6-4-2)38(45)46-31-35(42)37(44)36(43)34(41)30-39/h32-33,35-37,39-40,42-44H,3-31H2,1-2H3. The number of aliphatic hydroxyl groups is 5. The van der Waals surface area contributed by atoms with Gasteiger partial charge in [-0.15, -0.1) is 0 Å². The highest BCUT2D eigenvalue weighted by atomic mass is 16.5. The molecule has 0 aromatic rings. The minimum absolute atomic E-state index is 0.486. The van der Waals surface area contributed by atoms with E-state index in [0.29, 0.717) is 12.8 Å². The molecule has 46 heavy (non-hydrogen) atoms. The molecule has 0 aromatic carbocycles. The largest absolute Gasteiger partial charge is 0.463 e. The van der Waals surface area contributed by atoms with Crippen molar-refractivity contribution in [1.82, 2.24) is 0 Å². The molecular weight excluding hydrogens is 584 g/mol. The van der Waals surface area contributed by atoms with Gasteiger partial charge in [0.2, 0.25) is 0 Å². The van der Waals surface area contributed by atoms with Crippen molar-refractivity contribution < 1.29 is 39.9 Å². The number of rotatable bonds is 35. The van der Waals surface area contributed by atoms with Gasteiger partial charge in [-0.2, -0.15) is 0 Å². The van der Waals surface area contributed by atoms with Crippen LogP contribution in [0, 0.1) is 5.92 Å². The summed E-state index contributed by atoms with van der Waals surface area (Å²) in [6, 6.07) is 0. The van der Waals surface area contributed by atoms with Gasteiger partial charge in [0.05, 0.1) is 12.0 Å². The zero-order chi connectivity index (χ0) is 34.3. The molecule has 5 N–H and O–H groups in total. The SMILES string of the molecule is CCCCCCCCCCCCCCCC(O)C(CCCCCCCCCCCCCC)C(=O)OCC(O)C(O)C(O)C(=O)CO. The minimum atomic E-state index is -1.98. The number of carbonyl (C=O) groups excluding carboxylic acids is 2. The van der Waals surface area contributed by atoms with Crippen LogP contribution in [0.3, 0.4) is 0 Å². The van der Waals surface area contributed by atoms with Gasteiger partial charge in [-0.25, -0.2) is 0 Å². The monoisotopic (exact) mass is 659 g/mol. The van der Waals surface area contributed by atoms with Crippen LogP contribution in [-0.2, 0) is 14.3 Å². The first-order chi connectivity index (χ1) is 22.3. The number of aliphatic hydroxyl groups excluding tert-OH is 5. The van der Waals surface area contributed by atoms with Crippen LogP contribution in [0.2, 0.25) is 0 Å². The van der Waals surface area contributed by atoms with E-state index in [1.807, 2.05) is 0 Å². The zero-order valence-corrected chi connectivity index (χ0v) is 29.9. The lowest BCUT2D eigenvalue weighted by atomic mass is 9.91. The first kappa shape index (κ1) is 44.9. The van der Waals surface area contributed by atoms with Crippen molar-refractivity contribution in [2.75, 3.05) is 13.2 Å². The van der Waals surface area contributed by atoms with Gasteiger partial charge in [-0.3, -0.25) is 9.59 Å². The van der Waals surface area contributed by atoms with E-state index in [-0.39, 0.29) is 0 Å². The van der Waals surface area contributed by atoms with E-state index in [2.05, 4.69) is 13.8 Å². The molecule has 0 saturated heterocycles. The predicted molar refractivity (Wildman–Crippen MR) is 187 cm³/mol. The van der Waals surface area contributed by atoms with Gasteiger partial charge in [0.1, 0.15) is 31.5 Å². The van der Waals surface area contributed by atoms with E-state index in [4.69, 9.17) is 9.84 Å². The summed E-state index contributed by atoms with van der Waals surface area (Å²) in [5.74, 6) is -2.40. The Morgan fingerprint density at radius 1 is 0.500 bits per heavy atom. The van der Waals surface area contributed by atoms with Crippen LogP contribution in [0.25, 0.3) is 0 Å². The molecule has 0 rings (SSSR count). The van der Waals surface area contributed by atoms with Crippen LogP contribution in [0.4, 0.5) is 0 Å². The highest BCUT2D eigenvalue weighted by molar-refractivity contribution is 5.84. The van der Waals surface area contributed by atoms with E-state index in [0.717, 1.165) is 38.5 Å². The highest BCUT2D eigenvalue weighted by Crippen LogP contribution is 2.22. The summed E-state index contributed by atoms with van der Waals surface area (Å²) in [5.41, 5.74) is 0. The molecule has 8 nitrogen and oxygen atoms in total. The van der Waals surface area contributed by atoms with Gasteiger partial charge in [0.15, 0.2) is 5.78 Å². The summed E-state index contributed by atoms with van der Waals surface area (Å²) < 4.78 is 5.25. The van der Waals surface area contributed by atoms with E-state index in [1.165, 1.54) is 122 Å². The predicted octanol–water partition coefficient (Wildman–Crippen LogP) is 7.72. The molecule has 5 unspecified atom stereocenters. The Bertz CT molecular complexity index is 688. The molecule has 8 heteroatoms. The fraction of sp³-hybridized carbons (Fsp3) is 0.947. The number of esters is 1. The fourth-order valence-electron chi connectivity index (χ4n) is 6.11. The van der Waals surface area contributed by atoms with Crippen LogP contribution in [0.5, 0.6) is 0 Å². The molecule has 0 bridgehead atoms.